The highest BCUT2D eigenvalue weighted by atomic mass is 32.2. The van der Waals surface area contributed by atoms with E-state index in [2.05, 4.69) is 20.8 Å². The van der Waals surface area contributed by atoms with Gasteiger partial charge in [0.25, 0.3) is 0 Å². The summed E-state index contributed by atoms with van der Waals surface area (Å²) in [5.41, 5.74) is 0.909. The molecule has 1 heterocycles. The third-order valence-corrected chi connectivity index (χ3v) is 3.31. The van der Waals surface area contributed by atoms with Gasteiger partial charge in [-0.3, -0.25) is 14.7 Å². The topological polar surface area (TPSA) is 88.9 Å². The van der Waals surface area contributed by atoms with Crippen molar-refractivity contribution in [3.05, 3.63) is 36.7 Å². The van der Waals surface area contributed by atoms with Crippen molar-refractivity contribution in [1.29, 1.82) is 0 Å². The van der Waals surface area contributed by atoms with Crippen LogP contribution in [-0.4, -0.2) is 39.5 Å². The summed E-state index contributed by atoms with van der Waals surface area (Å²) in [4.78, 5) is 22.5. The molecule has 0 saturated heterocycles. The molecule has 0 aliphatic rings. The van der Waals surface area contributed by atoms with Crippen LogP contribution in [-0.2, 0) is 4.79 Å². The lowest BCUT2D eigenvalue weighted by molar-refractivity contribution is -0.117. The molecule has 0 bridgehead atoms. The van der Waals surface area contributed by atoms with E-state index in [4.69, 9.17) is 0 Å². The minimum absolute atomic E-state index is 0.0823. The number of amides is 3. The van der Waals surface area contributed by atoms with Crippen molar-refractivity contribution in [2.45, 2.75) is 5.16 Å². The molecule has 20 heavy (non-hydrogen) atoms. The molecule has 0 spiro atoms. The molecule has 2 N–H and O–H groups in total. The largest absolute Gasteiger partial charge is 0.341 e. The lowest BCUT2D eigenvalue weighted by Gasteiger charge is -2.06. The zero-order chi connectivity index (χ0) is 14.4. The van der Waals surface area contributed by atoms with Gasteiger partial charge in [0.05, 0.1) is 5.75 Å². The van der Waals surface area contributed by atoms with Crippen molar-refractivity contribution in [2.24, 2.45) is 0 Å². The van der Waals surface area contributed by atoms with Gasteiger partial charge in [-0.15, -0.1) is 10.2 Å². The molecule has 0 unspecified atom stereocenters. The fourth-order valence-electron chi connectivity index (χ4n) is 1.44. The lowest BCUT2D eigenvalue weighted by atomic mass is 10.3. The van der Waals surface area contributed by atoms with Crippen molar-refractivity contribution < 1.29 is 9.59 Å². The number of urea groups is 1. The standard InChI is InChI=1S/C12H13N5O2S/c1-13-11(19)15-10(18)7-20-12-16-14-8-17(12)9-5-3-2-4-6-9/h2-6,8H,7H2,1H3,(H2,13,15,18,19). The lowest BCUT2D eigenvalue weighted by Crippen LogP contribution is -2.38. The molecule has 7 nitrogen and oxygen atoms in total. The summed E-state index contributed by atoms with van der Waals surface area (Å²) in [6, 6.07) is 9.03. The molecular weight excluding hydrogens is 278 g/mol. The number of hydrogen-bond donors (Lipinski definition) is 2. The first kappa shape index (κ1) is 14.1. The number of para-hydroxylation sites is 1. The van der Waals surface area contributed by atoms with Crippen LogP contribution >= 0.6 is 11.8 Å². The van der Waals surface area contributed by atoms with Crippen LogP contribution in [0.2, 0.25) is 0 Å². The van der Waals surface area contributed by atoms with Crippen molar-refractivity contribution in [2.75, 3.05) is 12.8 Å². The van der Waals surface area contributed by atoms with Gasteiger partial charge in [0, 0.05) is 12.7 Å². The van der Waals surface area contributed by atoms with Crippen molar-refractivity contribution in [3.63, 3.8) is 0 Å². The van der Waals surface area contributed by atoms with Crippen molar-refractivity contribution >= 4 is 23.7 Å². The third-order valence-electron chi connectivity index (χ3n) is 2.36. The Morgan fingerprint density at radius 1 is 1.30 bits per heavy atom. The summed E-state index contributed by atoms with van der Waals surface area (Å²) in [5.74, 6) is -0.309. The van der Waals surface area contributed by atoms with Gasteiger partial charge in [-0.05, 0) is 12.1 Å². The van der Waals surface area contributed by atoms with Gasteiger partial charge < -0.3 is 5.32 Å². The molecule has 0 saturated carbocycles. The number of nitrogens with zero attached hydrogens (tertiary/aromatic N) is 3. The second kappa shape index (κ2) is 6.71. The van der Waals surface area contributed by atoms with E-state index in [-0.39, 0.29) is 5.75 Å². The molecule has 2 rings (SSSR count). The highest BCUT2D eigenvalue weighted by molar-refractivity contribution is 7.99. The molecule has 0 aliphatic heterocycles. The summed E-state index contributed by atoms with van der Waals surface area (Å²) in [5, 5.41) is 12.9. The molecule has 8 heteroatoms. The Balaban J connectivity index is 2.00. The van der Waals surface area contributed by atoms with E-state index >= 15 is 0 Å². The molecule has 1 aromatic carbocycles. The summed E-state index contributed by atoms with van der Waals surface area (Å²) in [6.07, 6.45) is 1.58. The number of carbonyl (C=O) groups excluding carboxylic acids is 2. The summed E-state index contributed by atoms with van der Waals surface area (Å²) in [7, 11) is 1.45. The predicted octanol–water partition coefficient (Wildman–Crippen LogP) is 0.815. The molecule has 0 atom stereocenters. The van der Waals surface area contributed by atoms with E-state index in [1.807, 2.05) is 30.3 Å². The molecular formula is C12H13N5O2S. The molecule has 0 fully saturated rings. The van der Waals surface area contributed by atoms with Crippen LogP contribution in [0.25, 0.3) is 5.69 Å². The number of rotatable bonds is 4. The second-order valence-electron chi connectivity index (χ2n) is 3.74. The van der Waals surface area contributed by atoms with Gasteiger partial charge in [0.1, 0.15) is 6.33 Å². The van der Waals surface area contributed by atoms with E-state index in [1.54, 1.807) is 10.9 Å². The first-order chi connectivity index (χ1) is 9.70. The Kier molecular flexibility index (Phi) is 4.72. The highest BCUT2D eigenvalue weighted by Gasteiger charge is 2.11. The average molecular weight is 291 g/mol. The van der Waals surface area contributed by atoms with E-state index in [1.165, 1.54) is 18.8 Å². The zero-order valence-corrected chi connectivity index (χ0v) is 11.6. The number of benzene rings is 1. The van der Waals surface area contributed by atoms with Crippen LogP contribution in [0, 0.1) is 0 Å². The highest BCUT2D eigenvalue weighted by Crippen LogP contribution is 2.18. The van der Waals surface area contributed by atoms with E-state index in [0.29, 0.717) is 5.16 Å². The predicted molar refractivity (Wildman–Crippen MR) is 74.7 cm³/mol. The van der Waals surface area contributed by atoms with Crippen LogP contribution < -0.4 is 10.6 Å². The monoisotopic (exact) mass is 291 g/mol. The number of hydrogen-bond acceptors (Lipinski definition) is 5. The number of carbonyl (C=O) groups is 2. The maximum atomic E-state index is 11.5. The smallest absolute Gasteiger partial charge is 0.321 e. The van der Waals surface area contributed by atoms with Crippen molar-refractivity contribution in [3.8, 4) is 5.69 Å². The molecule has 2 aromatic rings. The normalized spacial score (nSPS) is 10.1. The summed E-state index contributed by atoms with van der Waals surface area (Å²) in [6.45, 7) is 0. The first-order valence-electron chi connectivity index (χ1n) is 5.80. The SMILES string of the molecule is CNC(=O)NC(=O)CSc1nncn1-c1ccccc1. The van der Waals surface area contributed by atoms with Gasteiger partial charge in [0.15, 0.2) is 5.16 Å². The first-order valence-corrected chi connectivity index (χ1v) is 6.79. The number of thioether (sulfide) groups is 1. The van der Waals surface area contributed by atoms with E-state index in [0.717, 1.165) is 5.69 Å². The average Bonchev–Trinajstić information content (AvgIpc) is 2.94. The van der Waals surface area contributed by atoms with Gasteiger partial charge in [0.2, 0.25) is 5.91 Å². The Hall–Kier alpha value is -2.35. The number of imide groups is 1. The van der Waals surface area contributed by atoms with Crippen LogP contribution in [0.4, 0.5) is 4.79 Å². The van der Waals surface area contributed by atoms with Crippen molar-refractivity contribution in [1.82, 2.24) is 25.4 Å². The van der Waals surface area contributed by atoms with Gasteiger partial charge >= 0.3 is 6.03 Å². The fraction of sp³-hybridized carbons (Fsp3) is 0.167. The van der Waals surface area contributed by atoms with Gasteiger partial charge in [-0.25, -0.2) is 4.79 Å². The molecule has 3 amide bonds. The minimum atomic E-state index is -0.528. The van der Waals surface area contributed by atoms with E-state index in [9.17, 15) is 9.59 Å². The van der Waals surface area contributed by atoms with Crippen LogP contribution in [0.1, 0.15) is 0 Å². The summed E-state index contributed by atoms with van der Waals surface area (Å²) < 4.78 is 1.78. The van der Waals surface area contributed by atoms with Gasteiger partial charge in [-0.2, -0.15) is 0 Å². The maximum Gasteiger partial charge on any atom is 0.321 e. The Bertz CT molecular complexity index is 599. The quantitative estimate of drug-likeness (QED) is 0.814. The molecule has 0 aliphatic carbocycles. The zero-order valence-electron chi connectivity index (χ0n) is 10.7. The Morgan fingerprint density at radius 2 is 2.05 bits per heavy atom. The fourth-order valence-corrected chi connectivity index (χ4v) is 2.17. The second-order valence-corrected chi connectivity index (χ2v) is 4.68. The Labute approximate surface area is 119 Å². The summed E-state index contributed by atoms with van der Waals surface area (Å²) >= 11 is 1.21. The van der Waals surface area contributed by atoms with Gasteiger partial charge in [-0.1, -0.05) is 30.0 Å². The van der Waals surface area contributed by atoms with Crippen LogP contribution in [0.3, 0.4) is 0 Å². The molecule has 1 aromatic heterocycles. The van der Waals surface area contributed by atoms with Crippen LogP contribution in [0.15, 0.2) is 41.8 Å². The minimum Gasteiger partial charge on any atom is -0.341 e. The Morgan fingerprint density at radius 3 is 2.75 bits per heavy atom. The van der Waals surface area contributed by atoms with Crippen LogP contribution in [0.5, 0.6) is 0 Å². The molecule has 104 valence electrons. The third kappa shape index (κ3) is 3.58. The molecule has 0 radical (unpaired) electrons. The number of aromatic nitrogens is 3. The maximum absolute atomic E-state index is 11.5. The van der Waals surface area contributed by atoms with E-state index < -0.39 is 11.9 Å². The number of nitrogens with one attached hydrogen (secondary N) is 2.